The van der Waals surface area contributed by atoms with E-state index in [4.69, 9.17) is 16.7 Å². The van der Waals surface area contributed by atoms with Crippen molar-refractivity contribution in [2.24, 2.45) is 0 Å². The van der Waals surface area contributed by atoms with Crippen LogP contribution in [0.3, 0.4) is 0 Å². The van der Waals surface area contributed by atoms with E-state index in [1.165, 1.54) is 0 Å². The Morgan fingerprint density at radius 2 is 2.38 bits per heavy atom. The highest BCUT2D eigenvalue weighted by atomic mass is 35.5. The van der Waals surface area contributed by atoms with Gasteiger partial charge in [0.25, 0.3) is 6.30 Å². The molecule has 0 aromatic carbocycles. The second-order valence-corrected chi connectivity index (χ2v) is 2.57. The van der Waals surface area contributed by atoms with E-state index in [-0.39, 0.29) is 5.02 Å². The molecule has 1 N–H and O–H groups in total. The summed E-state index contributed by atoms with van der Waals surface area (Å²) < 4.78 is 13.1. The van der Waals surface area contributed by atoms with Crippen molar-refractivity contribution in [1.29, 1.82) is 0 Å². The van der Waals surface area contributed by atoms with E-state index in [2.05, 4.69) is 4.98 Å². The zero-order valence-corrected chi connectivity index (χ0v) is 6.90. The van der Waals surface area contributed by atoms with Crippen LogP contribution in [0.2, 0.25) is 5.02 Å². The lowest BCUT2D eigenvalue weighted by Crippen LogP contribution is -2.28. The summed E-state index contributed by atoms with van der Waals surface area (Å²) in [7, 11) is 0. The molecule has 1 aromatic heterocycles. The van der Waals surface area contributed by atoms with Crippen molar-refractivity contribution in [1.82, 2.24) is 9.55 Å². The molecule has 1 atom stereocenters. The standard InChI is InChI=1S/C6H4ClFN2O3/c7-3-1-9-6(13)10(2-3)4(8)5(11)12/h1-2,4H,(H,11,12). The first-order valence-electron chi connectivity index (χ1n) is 3.13. The Morgan fingerprint density at radius 3 is 2.92 bits per heavy atom. The number of hydrogen-bond donors (Lipinski definition) is 1. The molecule has 1 aromatic rings. The molecule has 1 heterocycles. The average Bonchev–Trinajstić information content (AvgIpc) is 2.08. The Hall–Kier alpha value is -1.43. The summed E-state index contributed by atoms with van der Waals surface area (Å²) in [5, 5.41) is 8.23. The summed E-state index contributed by atoms with van der Waals surface area (Å²) in [4.78, 5) is 24.1. The number of carbonyl (C=O) groups is 1. The molecule has 0 saturated heterocycles. The summed E-state index contributed by atoms with van der Waals surface area (Å²) in [6, 6.07) is 0. The normalized spacial score (nSPS) is 12.5. The Balaban J connectivity index is 3.21. The van der Waals surface area contributed by atoms with E-state index < -0.39 is 18.0 Å². The number of carboxylic acid groups (broad SMARTS) is 1. The van der Waals surface area contributed by atoms with E-state index >= 15 is 0 Å². The van der Waals surface area contributed by atoms with Crippen LogP contribution in [-0.2, 0) is 4.79 Å². The van der Waals surface area contributed by atoms with E-state index in [9.17, 15) is 14.0 Å². The fourth-order valence-electron chi connectivity index (χ4n) is 0.686. The first-order chi connectivity index (χ1) is 6.02. The number of rotatable bonds is 2. The van der Waals surface area contributed by atoms with Gasteiger partial charge in [-0.15, -0.1) is 0 Å². The van der Waals surface area contributed by atoms with Crippen LogP contribution < -0.4 is 5.69 Å². The quantitative estimate of drug-likeness (QED) is 0.763. The smallest absolute Gasteiger partial charge is 0.360 e. The fraction of sp³-hybridized carbons (Fsp3) is 0.167. The molecular weight excluding hydrogens is 203 g/mol. The molecular formula is C6H4ClFN2O3. The van der Waals surface area contributed by atoms with Crippen LogP contribution in [0.1, 0.15) is 6.30 Å². The van der Waals surface area contributed by atoms with Crippen LogP contribution in [-0.4, -0.2) is 20.6 Å². The van der Waals surface area contributed by atoms with Crippen molar-refractivity contribution < 1.29 is 14.3 Å². The Kier molecular flexibility index (Phi) is 2.62. The number of hydrogen-bond acceptors (Lipinski definition) is 3. The third kappa shape index (κ3) is 2.03. The maximum absolute atomic E-state index is 12.8. The Bertz CT molecular complexity index is 392. The minimum atomic E-state index is -2.46. The molecule has 1 rings (SSSR count). The van der Waals surface area contributed by atoms with Gasteiger partial charge >= 0.3 is 11.7 Å². The minimum absolute atomic E-state index is 0.0106. The van der Waals surface area contributed by atoms with Gasteiger partial charge in [0.2, 0.25) is 0 Å². The first-order valence-corrected chi connectivity index (χ1v) is 3.50. The van der Waals surface area contributed by atoms with Gasteiger partial charge < -0.3 is 5.11 Å². The zero-order valence-electron chi connectivity index (χ0n) is 6.15. The molecule has 0 aliphatic carbocycles. The topological polar surface area (TPSA) is 72.2 Å². The summed E-state index contributed by atoms with van der Waals surface area (Å²) in [5.41, 5.74) is -1.00. The molecule has 70 valence electrons. The molecule has 7 heteroatoms. The highest BCUT2D eigenvalue weighted by Crippen LogP contribution is 2.08. The molecule has 0 spiro atoms. The second-order valence-electron chi connectivity index (χ2n) is 2.14. The summed E-state index contributed by atoms with van der Waals surface area (Å²) in [5.74, 6) is -1.77. The molecule has 0 saturated carbocycles. The van der Waals surface area contributed by atoms with E-state index in [1.807, 2.05) is 0 Å². The van der Waals surface area contributed by atoms with Gasteiger partial charge in [-0.3, -0.25) is 4.57 Å². The molecule has 0 amide bonds. The molecule has 0 aliphatic rings. The predicted molar refractivity (Wildman–Crippen MR) is 41.3 cm³/mol. The lowest BCUT2D eigenvalue weighted by molar-refractivity contribution is -0.146. The second kappa shape index (κ2) is 3.53. The van der Waals surface area contributed by atoms with Crippen LogP contribution in [0.15, 0.2) is 17.2 Å². The lowest BCUT2D eigenvalue weighted by Gasteiger charge is -2.05. The average molecular weight is 207 g/mol. The SMILES string of the molecule is O=C(O)C(F)n1cc(Cl)cnc1=O. The highest BCUT2D eigenvalue weighted by molar-refractivity contribution is 6.30. The van der Waals surface area contributed by atoms with Gasteiger partial charge in [0.05, 0.1) is 11.2 Å². The van der Waals surface area contributed by atoms with Gasteiger partial charge in [-0.25, -0.2) is 14.0 Å². The van der Waals surface area contributed by atoms with Crippen LogP contribution in [0, 0.1) is 0 Å². The maximum Gasteiger partial charge on any atom is 0.360 e. The number of halogens is 2. The van der Waals surface area contributed by atoms with Gasteiger partial charge in [-0.2, -0.15) is 4.98 Å². The van der Waals surface area contributed by atoms with Crippen molar-refractivity contribution in [3.8, 4) is 0 Å². The number of aromatic nitrogens is 2. The van der Waals surface area contributed by atoms with Crippen molar-refractivity contribution >= 4 is 17.6 Å². The lowest BCUT2D eigenvalue weighted by atomic mass is 10.5. The molecule has 0 aliphatic heterocycles. The van der Waals surface area contributed by atoms with Crippen molar-refractivity contribution in [3.05, 3.63) is 27.9 Å². The molecule has 13 heavy (non-hydrogen) atoms. The first kappa shape index (κ1) is 9.66. The van der Waals surface area contributed by atoms with E-state index in [0.29, 0.717) is 4.57 Å². The largest absolute Gasteiger partial charge is 0.478 e. The monoisotopic (exact) mass is 206 g/mol. The van der Waals surface area contributed by atoms with Gasteiger partial charge in [0.15, 0.2) is 0 Å². The molecule has 1 unspecified atom stereocenters. The van der Waals surface area contributed by atoms with Crippen molar-refractivity contribution in [3.63, 3.8) is 0 Å². The predicted octanol–water partition coefficient (Wildman–Crippen LogP) is 0.449. The molecule has 0 bridgehead atoms. The number of aliphatic carboxylic acids is 1. The zero-order chi connectivity index (χ0) is 10.0. The highest BCUT2D eigenvalue weighted by Gasteiger charge is 2.19. The Labute approximate surface area is 76.4 Å². The summed E-state index contributed by atoms with van der Waals surface area (Å²) in [6.45, 7) is 0. The number of nitrogens with zero attached hydrogens (tertiary/aromatic N) is 2. The maximum atomic E-state index is 12.8. The van der Waals surface area contributed by atoms with Gasteiger partial charge in [-0.1, -0.05) is 11.6 Å². The third-order valence-electron chi connectivity index (χ3n) is 1.23. The third-order valence-corrected chi connectivity index (χ3v) is 1.42. The van der Waals surface area contributed by atoms with Crippen LogP contribution >= 0.6 is 11.6 Å². The van der Waals surface area contributed by atoms with E-state index in [1.54, 1.807) is 0 Å². The summed E-state index contributed by atoms with van der Waals surface area (Å²) >= 11 is 5.38. The van der Waals surface area contributed by atoms with Crippen molar-refractivity contribution in [2.45, 2.75) is 6.30 Å². The summed E-state index contributed by atoms with van der Waals surface area (Å²) in [6.07, 6.45) is -0.580. The molecule has 0 fully saturated rings. The molecule has 0 radical (unpaired) electrons. The van der Waals surface area contributed by atoms with Crippen molar-refractivity contribution in [2.75, 3.05) is 0 Å². The number of carboxylic acids is 1. The molecule has 5 nitrogen and oxygen atoms in total. The minimum Gasteiger partial charge on any atom is -0.478 e. The van der Waals surface area contributed by atoms with Crippen LogP contribution in [0.4, 0.5) is 4.39 Å². The fourth-order valence-corrected chi connectivity index (χ4v) is 0.840. The Morgan fingerprint density at radius 1 is 1.77 bits per heavy atom. The number of alkyl halides is 1. The van der Waals surface area contributed by atoms with Crippen LogP contribution in [0.5, 0.6) is 0 Å². The van der Waals surface area contributed by atoms with Gasteiger partial charge in [0, 0.05) is 6.20 Å². The van der Waals surface area contributed by atoms with Crippen LogP contribution in [0.25, 0.3) is 0 Å². The van der Waals surface area contributed by atoms with Gasteiger partial charge in [0.1, 0.15) is 0 Å². The van der Waals surface area contributed by atoms with Gasteiger partial charge in [-0.05, 0) is 0 Å². The van der Waals surface area contributed by atoms with E-state index in [0.717, 1.165) is 12.4 Å².